The van der Waals surface area contributed by atoms with Crippen molar-refractivity contribution in [1.29, 1.82) is 0 Å². The number of hydrogen-bond acceptors (Lipinski definition) is 1. The maximum Gasteiger partial charge on any atom is 0.0642 e. The maximum absolute atomic E-state index is 8.81. The van der Waals surface area contributed by atoms with Crippen LogP contribution in [0, 0.1) is 11.8 Å². The standard InChI is InChI=1S/C15H28O/c1-13(2)8-7-11-14(3)9-5-6-10-15(4)12-16/h5-6,10,13-14,16H,7-9,11-12H2,1-4H3/b6-5+,15-10+. The molecule has 0 aliphatic rings. The molecule has 0 bridgehead atoms. The number of rotatable bonds is 8. The van der Waals surface area contributed by atoms with E-state index in [0.29, 0.717) is 0 Å². The molecule has 0 fully saturated rings. The summed E-state index contributed by atoms with van der Waals surface area (Å²) in [6.07, 6.45) is 11.4. The summed E-state index contributed by atoms with van der Waals surface area (Å²) in [7, 11) is 0. The molecule has 0 saturated carbocycles. The lowest BCUT2D eigenvalue weighted by molar-refractivity contribution is 0.331. The fourth-order valence-electron chi connectivity index (χ4n) is 1.59. The normalized spacial score (nSPS) is 15.0. The van der Waals surface area contributed by atoms with Crippen molar-refractivity contribution in [2.75, 3.05) is 6.61 Å². The minimum absolute atomic E-state index is 0.161. The largest absolute Gasteiger partial charge is 0.392 e. The summed E-state index contributed by atoms with van der Waals surface area (Å²) >= 11 is 0. The van der Waals surface area contributed by atoms with Gasteiger partial charge < -0.3 is 5.11 Å². The Hall–Kier alpha value is -0.560. The van der Waals surface area contributed by atoms with Gasteiger partial charge in [0.2, 0.25) is 0 Å². The summed E-state index contributed by atoms with van der Waals surface area (Å²) in [5.74, 6) is 1.61. The molecule has 0 aromatic rings. The molecule has 1 nitrogen and oxygen atoms in total. The second-order valence-corrected chi connectivity index (χ2v) is 5.26. The number of allylic oxidation sites excluding steroid dienone is 3. The van der Waals surface area contributed by atoms with E-state index in [9.17, 15) is 0 Å². The molecule has 0 aliphatic heterocycles. The molecular weight excluding hydrogens is 196 g/mol. The molecule has 0 rings (SSSR count). The molecule has 0 radical (unpaired) electrons. The van der Waals surface area contributed by atoms with Crippen molar-refractivity contribution >= 4 is 0 Å². The first-order valence-corrected chi connectivity index (χ1v) is 6.49. The Morgan fingerprint density at radius 2 is 1.88 bits per heavy atom. The van der Waals surface area contributed by atoms with Gasteiger partial charge in [0.1, 0.15) is 0 Å². The minimum atomic E-state index is 0.161. The first-order valence-electron chi connectivity index (χ1n) is 6.49. The van der Waals surface area contributed by atoms with Crippen LogP contribution in [0.15, 0.2) is 23.8 Å². The summed E-state index contributed by atoms with van der Waals surface area (Å²) in [5, 5.41) is 8.81. The summed E-state index contributed by atoms with van der Waals surface area (Å²) < 4.78 is 0. The van der Waals surface area contributed by atoms with Gasteiger partial charge in [-0.15, -0.1) is 0 Å². The van der Waals surface area contributed by atoms with Gasteiger partial charge in [-0.2, -0.15) is 0 Å². The molecule has 0 aliphatic carbocycles. The highest BCUT2D eigenvalue weighted by molar-refractivity contribution is 5.10. The van der Waals surface area contributed by atoms with E-state index in [1.54, 1.807) is 0 Å². The number of aliphatic hydroxyl groups is 1. The number of aliphatic hydroxyl groups excluding tert-OH is 1. The second kappa shape index (κ2) is 9.65. The van der Waals surface area contributed by atoms with Crippen molar-refractivity contribution in [2.45, 2.75) is 53.4 Å². The molecule has 16 heavy (non-hydrogen) atoms. The van der Waals surface area contributed by atoms with Crippen LogP contribution in [0.3, 0.4) is 0 Å². The molecule has 1 unspecified atom stereocenters. The Balaban J connectivity index is 3.60. The molecule has 0 aromatic carbocycles. The average molecular weight is 224 g/mol. The van der Waals surface area contributed by atoms with E-state index >= 15 is 0 Å². The zero-order chi connectivity index (χ0) is 12.4. The lowest BCUT2D eigenvalue weighted by atomic mass is 9.97. The van der Waals surface area contributed by atoms with Crippen molar-refractivity contribution in [3.05, 3.63) is 23.8 Å². The first-order chi connectivity index (χ1) is 7.56. The van der Waals surface area contributed by atoms with Crippen LogP contribution in [0.4, 0.5) is 0 Å². The highest BCUT2D eigenvalue weighted by Gasteiger charge is 2.00. The van der Waals surface area contributed by atoms with Crippen LogP contribution >= 0.6 is 0 Å². The van der Waals surface area contributed by atoms with E-state index in [1.807, 2.05) is 13.0 Å². The molecule has 0 saturated heterocycles. The average Bonchev–Trinajstić information content (AvgIpc) is 2.23. The smallest absolute Gasteiger partial charge is 0.0642 e. The fraction of sp³-hybridized carbons (Fsp3) is 0.733. The fourth-order valence-corrected chi connectivity index (χ4v) is 1.59. The lowest BCUT2D eigenvalue weighted by Crippen LogP contribution is -1.95. The Kier molecular flexibility index (Phi) is 9.31. The van der Waals surface area contributed by atoms with Crippen LogP contribution in [0.1, 0.15) is 53.4 Å². The Labute approximate surface area is 101 Å². The van der Waals surface area contributed by atoms with Crippen LogP contribution in [-0.4, -0.2) is 11.7 Å². The molecule has 1 heteroatoms. The van der Waals surface area contributed by atoms with Gasteiger partial charge in [-0.25, -0.2) is 0 Å². The highest BCUT2D eigenvalue weighted by Crippen LogP contribution is 2.15. The topological polar surface area (TPSA) is 20.2 Å². The van der Waals surface area contributed by atoms with Gasteiger partial charge in [-0.3, -0.25) is 0 Å². The molecule has 0 spiro atoms. The van der Waals surface area contributed by atoms with Gasteiger partial charge in [0, 0.05) is 0 Å². The quantitative estimate of drug-likeness (QED) is 0.608. The maximum atomic E-state index is 8.81. The van der Waals surface area contributed by atoms with E-state index in [-0.39, 0.29) is 6.61 Å². The molecule has 0 aromatic heterocycles. The van der Waals surface area contributed by atoms with Crippen LogP contribution in [0.25, 0.3) is 0 Å². The third-order valence-corrected chi connectivity index (χ3v) is 2.78. The third kappa shape index (κ3) is 9.97. The predicted octanol–water partition coefficient (Wildman–Crippen LogP) is 4.33. The van der Waals surface area contributed by atoms with Crippen LogP contribution in [0.5, 0.6) is 0 Å². The lowest BCUT2D eigenvalue weighted by Gasteiger charge is -2.09. The van der Waals surface area contributed by atoms with E-state index in [1.165, 1.54) is 19.3 Å². The van der Waals surface area contributed by atoms with Crippen molar-refractivity contribution in [3.63, 3.8) is 0 Å². The van der Waals surface area contributed by atoms with Crippen molar-refractivity contribution in [3.8, 4) is 0 Å². The minimum Gasteiger partial charge on any atom is -0.392 e. The highest BCUT2D eigenvalue weighted by atomic mass is 16.3. The molecule has 94 valence electrons. The first kappa shape index (κ1) is 15.4. The van der Waals surface area contributed by atoms with E-state index in [0.717, 1.165) is 23.8 Å². The molecule has 1 N–H and O–H groups in total. The van der Waals surface area contributed by atoms with E-state index in [2.05, 4.69) is 32.9 Å². The van der Waals surface area contributed by atoms with Crippen LogP contribution < -0.4 is 0 Å². The third-order valence-electron chi connectivity index (χ3n) is 2.78. The van der Waals surface area contributed by atoms with Crippen LogP contribution in [-0.2, 0) is 0 Å². The van der Waals surface area contributed by atoms with Crippen molar-refractivity contribution in [2.24, 2.45) is 11.8 Å². The monoisotopic (exact) mass is 224 g/mol. The van der Waals surface area contributed by atoms with Crippen LogP contribution in [0.2, 0.25) is 0 Å². The summed E-state index contributed by atoms with van der Waals surface area (Å²) in [4.78, 5) is 0. The van der Waals surface area contributed by atoms with E-state index < -0.39 is 0 Å². The molecular formula is C15H28O. The number of hydrogen-bond donors (Lipinski definition) is 1. The predicted molar refractivity (Wildman–Crippen MR) is 72.5 cm³/mol. The van der Waals surface area contributed by atoms with Gasteiger partial charge in [-0.1, -0.05) is 58.3 Å². The summed E-state index contributed by atoms with van der Waals surface area (Å²) in [6, 6.07) is 0. The Morgan fingerprint density at radius 1 is 1.19 bits per heavy atom. The molecule has 1 atom stereocenters. The van der Waals surface area contributed by atoms with Gasteiger partial charge in [0.15, 0.2) is 0 Å². The van der Waals surface area contributed by atoms with Gasteiger partial charge in [0.25, 0.3) is 0 Å². The summed E-state index contributed by atoms with van der Waals surface area (Å²) in [6.45, 7) is 8.98. The van der Waals surface area contributed by atoms with Gasteiger partial charge in [0.05, 0.1) is 6.61 Å². The zero-order valence-corrected chi connectivity index (χ0v) is 11.4. The van der Waals surface area contributed by atoms with E-state index in [4.69, 9.17) is 5.11 Å². The van der Waals surface area contributed by atoms with Gasteiger partial charge in [-0.05, 0) is 30.8 Å². The second-order valence-electron chi connectivity index (χ2n) is 5.26. The Bertz CT molecular complexity index is 213. The zero-order valence-electron chi connectivity index (χ0n) is 11.4. The van der Waals surface area contributed by atoms with Crippen molar-refractivity contribution < 1.29 is 5.11 Å². The SMILES string of the molecule is C/C(=C\C=C\CC(C)CCCC(C)C)CO. The molecule has 0 heterocycles. The summed E-state index contributed by atoms with van der Waals surface area (Å²) in [5.41, 5.74) is 1.02. The Morgan fingerprint density at radius 3 is 2.44 bits per heavy atom. The van der Waals surface area contributed by atoms with Gasteiger partial charge >= 0.3 is 0 Å². The molecule has 0 amide bonds. The van der Waals surface area contributed by atoms with Crippen molar-refractivity contribution in [1.82, 2.24) is 0 Å².